The fraction of sp³-hybridized carbons (Fsp3) is 1.00. The molecule has 1 rings (SSSR count). The van der Waals surface area contributed by atoms with Crippen molar-refractivity contribution in [1.82, 2.24) is 0 Å². The topological polar surface area (TPSA) is 57.2 Å². The highest BCUT2D eigenvalue weighted by atomic mass is 32.3. The standard InChI is InChI=1S/C4H9S.FHO3S/c1-5-3-2-4-5;1-5(2,3)4/h2-4H2,1H3;(H,2,3,4)/q+1;/p-1. The van der Waals surface area contributed by atoms with Gasteiger partial charge in [-0.15, -0.1) is 3.89 Å². The van der Waals surface area contributed by atoms with E-state index in [1.165, 1.54) is 17.9 Å². The lowest BCUT2D eigenvalue weighted by Crippen LogP contribution is -2.21. The van der Waals surface area contributed by atoms with E-state index in [4.69, 9.17) is 13.0 Å². The van der Waals surface area contributed by atoms with Gasteiger partial charge in [-0.05, 0) is 10.9 Å². The van der Waals surface area contributed by atoms with Gasteiger partial charge in [0.05, 0.1) is 6.26 Å². The molecule has 0 N–H and O–H groups in total. The van der Waals surface area contributed by atoms with Crippen molar-refractivity contribution in [2.24, 2.45) is 0 Å². The molecule has 0 aromatic carbocycles. The van der Waals surface area contributed by atoms with Gasteiger partial charge in [-0.3, -0.25) is 0 Å². The van der Waals surface area contributed by atoms with Crippen LogP contribution in [-0.4, -0.2) is 30.7 Å². The average Bonchev–Trinajstić information content (AvgIpc) is 1.56. The summed E-state index contributed by atoms with van der Waals surface area (Å²) in [6, 6.07) is 0. The van der Waals surface area contributed by atoms with E-state index in [9.17, 15) is 3.89 Å². The van der Waals surface area contributed by atoms with Crippen molar-refractivity contribution in [3.8, 4) is 0 Å². The van der Waals surface area contributed by atoms with E-state index in [1.54, 1.807) is 0 Å². The predicted octanol–water partition coefficient (Wildman–Crippen LogP) is 0.0543. The summed E-state index contributed by atoms with van der Waals surface area (Å²) in [7, 11) is -4.56. The molecule has 62 valence electrons. The van der Waals surface area contributed by atoms with E-state index in [2.05, 4.69) is 6.26 Å². The second-order valence-corrected chi connectivity index (χ2v) is 5.10. The molecular weight excluding hydrogens is 179 g/mol. The number of halogens is 1. The highest BCUT2D eigenvalue weighted by molar-refractivity contribution is 7.97. The van der Waals surface area contributed by atoms with Crippen LogP contribution in [0.15, 0.2) is 0 Å². The van der Waals surface area contributed by atoms with E-state index in [-0.39, 0.29) is 0 Å². The Labute approximate surface area is 63.0 Å². The quantitative estimate of drug-likeness (QED) is 0.307. The first-order valence-corrected chi connectivity index (χ1v) is 5.92. The molecule has 10 heavy (non-hydrogen) atoms. The van der Waals surface area contributed by atoms with Crippen LogP contribution < -0.4 is 0 Å². The maximum atomic E-state index is 10.1. The minimum absolute atomic E-state index is 0.858. The molecule has 1 aliphatic heterocycles. The summed E-state index contributed by atoms with van der Waals surface area (Å²) in [6.45, 7) is 0. The summed E-state index contributed by atoms with van der Waals surface area (Å²) in [6.07, 6.45) is 3.84. The molecule has 0 bridgehead atoms. The third-order valence-corrected chi connectivity index (χ3v) is 2.96. The maximum Gasteiger partial charge on any atom is 0.255 e. The Balaban J connectivity index is 0.000000162. The van der Waals surface area contributed by atoms with Crippen LogP contribution in [0.2, 0.25) is 0 Å². The largest absolute Gasteiger partial charge is 0.722 e. The number of rotatable bonds is 0. The second-order valence-electron chi connectivity index (χ2n) is 1.94. The van der Waals surface area contributed by atoms with Gasteiger partial charge in [0.25, 0.3) is 10.5 Å². The Morgan fingerprint density at radius 3 is 1.70 bits per heavy atom. The summed E-state index contributed by atoms with van der Waals surface area (Å²) in [5, 5.41) is 0. The summed E-state index contributed by atoms with van der Waals surface area (Å²) in [5.74, 6) is 3.03. The Hall–Kier alpha value is 0.190. The molecule has 0 radical (unpaired) electrons. The lowest BCUT2D eigenvalue weighted by Gasteiger charge is -2.08. The SMILES string of the molecule is C[S+]1CCC1.O=S(=O)([O-])F. The molecule has 0 aromatic rings. The molecule has 0 unspecified atom stereocenters. The van der Waals surface area contributed by atoms with Gasteiger partial charge in [-0.2, -0.15) is 0 Å². The molecule has 0 spiro atoms. The van der Waals surface area contributed by atoms with Gasteiger partial charge in [0, 0.05) is 6.42 Å². The highest BCUT2D eigenvalue weighted by Gasteiger charge is 2.20. The zero-order valence-electron chi connectivity index (χ0n) is 5.54. The second kappa shape index (κ2) is 4.15. The van der Waals surface area contributed by atoms with Crippen LogP contribution in [-0.2, 0) is 21.4 Å². The Morgan fingerprint density at radius 2 is 1.70 bits per heavy atom. The summed E-state index contributed by atoms with van der Waals surface area (Å²) in [5.41, 5.74) is 0. The van der Waals surface area contributed by atoms with Crippen LogP contribution in [0.5, 0.6) is 0 Å². The summed E-state index contributed by atoms with van der Waals surface area (Å²) < 4.78 is 35.3. The predicted molar refractivity (Wildman–Crippen MR) is 38.4 cm³/mol. The van der Waals surface area contributed by atoms with E-state index in [1.807, 2.05) is 0 Å². The van der Waals surface area contributed by atoms with Gasteiger partial charge in [0.15, 0.2) is 0 Å². The van der Waals surface area contributed by atoms with E-state index in [0.29, 0.717) is 0 Å². The van der Waals surface area contributed by atoms with Crippen molar-refractivity contribution in [3.63, 3.8) is 0 Å². The van der Waals surface area contributed by atoms with Crippen LogP contribution in [0.3, 0.4) is 0 Å². The minimum Gasteiger partial charge on any atom is -0.722 e. The van der Waals surface area contributed by atoms with E-state index < -0.39 is 10.5 Å². The smallest absolute Gasteiger partial charge is 0.255 e. The molecule has 1 heterocycles. The Morgan fingerprint density at radius 1 is 1.50 bits per heavy atom. The molecule has 0 aromatic heterocycles. The number of hydrogen-bond donors (Lipinski definition) is 0. The number of hydrogen-bond acceptors (Lipinski definition) is 3. The van der Waals surface area contributed by atoms with Crippen molar-refractivity contribution in [2.45, 2.75) is 6.42 Å². The van der Waals surface area contributed by atoms with Crippen molar-refractivity contribution >= 4 is 21.4 Å². The molecular formula is C4H9FO3S2. The third kappa shape index (κ3) is 11.0. The zero-order chi connectivity index (χ0) is 8.20. The summed E-state index contributed by atoms with van der Waals surface area (Å²) >= 11 is 0. The normalized spacial score (nSPS) is 18.7. The molecule has 3 nitrogen and oxygen atoms in total. The van der Waals surface area contributed by atoms with Crippen molar-refractivity contribution in [2.75, 3.05) is 17.8 Å². The van der Waals surface area contributed by atoms with Gasteiger partial charge >= 0.3 is 0 Å². The van der Waals surface area contributed by atoms with Crippen molar-refractivity contribution < 1.29 is 16.9 Å². The lowest BCUT2D eigenvalue weighted by atomic mass is 10.5. The molecule has 0 saturated carbocycles. The zero-order valence-corrected chi connectivity index (χ0v) is 7.17. The molecule has 1 aliphatic rings. The van der Waals surface area contributed by atoms with Crippen molar-refractivity contribution in [3.05, 3.63) is 0 Å². The molecule has 1 fully saturated rings. The summed E-state index contributed by atoms with van der Waals surface area (Å²) in [4.78, 5) is 0. The van der Waals surface area contributed by atoms with Crippen molar-refractivity contribution in [1.29, 1.82) is 0 Å². The van der Waals surface area contributed by atoms with Crippen LogP contribution in [0.25, 0.3) is 0 Å². The molecule has 0 atom stereocenters. The maximum absolute atomic E-state index is 10.1. The fourth-order valence-corrected chi connectivity index (χ4v) is 1.30. The first-order valence-electron chi connectivity index (χ1n) is 2.64. The van der Waals surface area contributed by atoms with Gasteiger partial charge in [-0.25, -0.2) is 8.42 Å². The van der Waals surface area contributed by atoms with E-state index in [0.717, 1.165) is 10.9 Å². The van der Waals surface area contributed by atoms with Gasteiger partial charge in [0.2, 0.25) is 0 Å². The highest BCUT2D eigenvalue weighted by Crippen LogP contribution is 2.07. The Kier molecular flexibility index (Phi) is 4.23. The molecule has 1 saturated heterocycles. The lowest BCUT2D eigenvalue weighted by molar-refractivity contribution is 0.417. The monoisotopic (exact) mass is 188 g/mol. The minimum atomic E-state index is -5.42. The molecule has 0 aliphatic carbocycles. The van der Waals surface area contributed by atoms with Gasteiger partial charge in [0.1, 0.15) is 11.5 Å². The van der Waals surface area contributed by atoms with Gasteiger partial charge in [-0.1, -0.05) is 0 Å². The first-order chi connectivity index (χ1) is 4.39. The fourth-order valence-electron chi connectivity index (χ4n) is 0.433. The van der Waals surface area contributed by atoms with Crippen LogP contribution >= 0.6 is 0 Å². The Bertz CT molecular complexity index is 165. The molecule has 0 amide bonds. The molecule has 6 heteroatoms. The first kappa shape index (κ1) is 10.2. The van der Waals surface area contributed by atoms with Crippen LogP contribution in [0.4, 0.5) is 3.89 Å². The third-order valence-electron chi connectivity index (χ3n) is 0.986. The van der Waals surface area contributed by atoms with Gasteiger partial charge < -0.3 is 4.55 Å². The average molecular weight is 188 g/mol. The van der Waals surface area contributed by atoms with Crippen LogP contribution in [0.1, 0.15) is 6.42 Å². The van der Waals surface area contributed by atoms with E-state index >= 15 is 0 Å². The van der Waals surface area contributed by atoms with Crippen LogP contribution in [0, 0.1) is 0 Å².